The molecule has 0 bridgehead atoms. The van der Waals surface area contributed by atoms with Crippen LogP contribution in [0.4, 0.5) is 0 Å². The molecule has 33 heavy (non-hydrogen) atoms. The summed E-state index contributed by atoms with van der Waals surface area (Å²) in [5.74, 6) is 2.54. The van der Waals surface area contributed by atoms with E-state index < -0.39 is 0 Å². The molecule has 2 heterocycles. The molecule has 2 aliphatic heterocycles. The Kier molecular flexibility index (Phi) is 13.4. The Hall–Kier alpha value is -1.10. The number of rotatable bonds is 10. The molecule has 0 saturated carbocycles. The maximum absolute atomic E-state index is 5.59. The van der Waals surface area contributed by atoms with Crippen molar-refractivity contribution < 1.29 is 9.47 Å². The molecule has 188 valence electrons. The number of halogens is 1. The Morgan fingerprint density at radius 3 is 2.39 bits per heavy atom. The first kappa shape index (κ1) is 28.1. The number of guanidine groups is 1. The van der Waals surface area contributed by atoms with Crippen LogP contribution in [0.1, 0.15) is 44.7 Å². The van der Waals surface area contributed by atoms with Crippen LogP contribution in [-0.4, -0.2) is 88.4 Å². The van der Waals surface area contributed by atoms with Crippen molar-refractivity contribution in [3.8, 4) is 5.75 Å². The van der Waals surface area contributed by atoms with Crippen molar-refractivity contribution in [2.75, 3.05) is 72.7 Å². The van der Waals surface area contributed by atoms with Crippen molar-refractivity contribution in [2.45, 2.75) is 39.2 Å². The second-order valence-corrected chi connectivity index (χ2v) is 8.82. The molecule has 3 rings (SSSR count). The van der Waals surface area contributed by atoms with E-state index in [4.69, 9.17) is 14.5 Å². The quantitative estimate of drug-likeness (QED) is 0.255. The third kappa shape index (κ3) is 9.22. The van der Waals surface area contributed by atoms with Crippen LogP contribution >= 0.6 is 24.0 Å². The lowest BCUT2D eigenvalue weighted by Crippen LogP contribution is -2.44. The average Bonchev–Trinajstić information content (AvgIpc) is 2.84. The molecule has 0 radical (unpaired) electrons. The predicted molar refractivity (Wildman–Crippen MR) is 147 cm³/mol. The van der Waals surface area contributed by atoms with E-state index in [0.29, 0.717) is 0 Å². The average molecular weight is 574 g/mol. The molecule has 2 saturated heterocycles. The van der Waals surface area contributed by atoms with E-state index in [0.717, 1.165) is 63.6 Å². The highest BCUT2D eigenvalue weighted by atomic mass is 127. The van der Waals surface area contributed by atoms with Crippen LogP contribution < -0.4 is 15.4 Å². The van der Waals surface area contributed by atoms with Gasteiger partial charge in [-0.2, -0.15) is 0 Å². The summed E-state index contributed by atoms with van der Waals surface area (Å²) in [6.07, 6.45) is 3.79. The lowest BCUT2D eigenvalue weighted by atomic mass is 9.97. The fraction of sp³-hybridized carbons (Fsp3) is 0.720. The highest BCUT2D eigenvalue weighted by Crippen LogP contribution is 2.24. The monoisotopic (exact) mass is 573 g/mol. The van der Waals surface area contributed by atoms with Gasteiger partial charge in [0.05, 0.1) is 32.9 Å². The van der Waals surface area contributed by atoms with Crippen LogP contribution in [-0.2, 0) is 4.74 Å². The molecule has 1 aromatic rings. The van der Waals surface area contributed by atoms with E-state index in [1.165, 1.54) is 44.5 Å². The van der Waals surface area contributed by atoms with Crippen molar-refractivity contribution in [3.63, 3.8) is 0 Å². The summed E-state index contributed by atoms with van der Waals surface area (Å²) in [5.41, 5.74) is 1.27. The number of nitrogens with zero attached hydrogens (tertiary/aromatic N) is 3. The van der Waals surface area contributed by atoms with E-state index in [1.807, 2.05) is 12.1 Å². The molecule has 0 aromatic heterocycles. The number of hydrogen-bond acceptors (Lipinski definition) is 5. The molecular weight excluding hydrogens is 529 g/mol. The molecule has 2 N–H and O–H groups in total. The molecule has 8 heteroatoms. The second-order valence-electron chi connectivity index (χ2n) is 8.82. The van der Waals surface area contributed by atoms with Gasteiger partial charge >= 0.3 is 0 Å². The zero-order valence-electron chi connectivity index (χ0n) is 20.7. The molecule has 0 amide bonds. The third-order valence-corrected chi connectivity index (χ3v) is 6.56. The first-order valence-electron chi connectivity index (χ1n) is 12.4. The molecule has 1 aromatic carbocycles. The van der Waals surface area contributed by atoms with Crippen LogP contribution in [0, 0.1) is 5.92 Å². The van der Waals surface area contributed by atoms with Gasteiger partial charge in [0, 0.05) is 26.2 Å². The fourth-order valence-electron chi connectivity index (χ4n) is 4.64. The predicted octanol–water partition coefficient (Wildman–Crippen LogP) is 3.36. The molecular formula is C25H44IN5O2. The number of ether oxygens (including phenoxy) is 2. The van der Waals surface area contributed by atoms with Gasteiger partial charge in [0.2, 0.25) is 0 Å². The number of morpholine rings is 1. The maximum atomic E-state index is 5.59. The van der Waals surface area contributed by atoms with E-state index >= 15 is 0 Å². The molecule has 0 aliphatic carbocycles. The van der Waals surface area contributed by atoms with Crippen molar-refractivity contribution in [2.24, 2.45) is 10.9 Å². The number of benzene rings is 1. The summed E-state index contributed by atoms with van der Waals surface area (Å²) >= 11 is 0. The number of hydrogen-bond donors (Lipinski definition) is 2. The minimum atomic E-state index is 0. The normalized spacial score (nSPS) is 19.5. The standard InChI is InChI=1S/C25H43N5O2.HI/c1-4-12-29-13-10-21(11-14-29)19-27-25(26-5-2)28-20-24(30-15-17-32-18-16-30)22-6-8-23(31-3)9-7-22;/h6-9,21,24H,4-5,10-20H2,1-3H3,(H2,26,27,28);1H. The van der Waals surface area contributed by atoms with Crippen LogP contribution in [0.15, 0.2) is 29.3 Å². The third-order valence-electron chi connectivity index (χ3n) is 6.56. The lowest BCUT2D eigenvalue weighted by Gasteiger charge is -2.34. The topological polar surface area (TPSA) is 61.4 Å². The van der Waals surface area contributed by atoms with Gasteiger partial charge in [-0.1, -0.05) is 19.1 Å². The van der Waals surface area contributed by atoms with Crippen LogP contribution in [0.25, 0.3) is 0 Å². The van der Waals surface area contributed by atoms with Crippen LogP contribution in [0.3, 0.4) is 0 Å². The van der Waals surface area contributed by atoms with E-state index in [1.54, 1.807) is 7.11 Å². The van der Waals surface area contributed by atoms with E-state index in [9.17, 15) is 0 Å². The summed E-state index contributed by atoms with van der Waals surface area (Å²) in [5, 5.41) is 7.07. The largest absolute Gasteiger partial charge is 0.497 e. The second kappa shape index (κ2) is 15.7. The van der Waals surface area contributed by atoms with Crippen LogP contribution in [0.2, 0.25) is 0 Å². The van der Waals surface area contributed by atoms with Gasteiger partial charge in [-0.05, 0) is 69.4 Å². The van der Waals surface area contributed by atoms with Crippen molar-refractivity contribution >= 4 is 29.9 Å². The fourth-order valence-corrected chi connectivity index (χ4v) is 4.64. The Morgan fingerprint density at radius 2 is 1.79 bits per heavy atom. The Labute approximate surface area is 217 Å². The van der Waals surface area contributed by atoms with Gasteiger partial charge in [-0.3, -0.25) is 9.89 Å². The summed E-state index contributed by atoms with van der Waals surface area (Å²) < 4.78 is 10.9. The first-order chi connectivity index (χ1) is 15.7. The zero-order chi connectivity index (χ0) is 22.6. The molecule has 0 spiro atoms. The minimum Gasteiger partial charge on any atom is -0.497 e. The number of piperidine rings is 1. The van der Waals surface area contributed by atoms with Gasteiger partial charge in [0.1, 0.15) is 5.75 Å². The first-order valence-corrected chi connectivity index (χ1v) is 12.4. The number of likely N-dealkylation sites (tertiary alicyclic amines) is 1. The lowest BCUT2D eigenvalue weighted by molar-refractivity contribution is 0.0179. The summed E-state index contributed by atoms with van der Waals surface area (Å²) in [6, 6.07) is 8.65. The Morgan fingerprint density at radius 1 is 1.09 bits per heavy atom. The summed E-state index contributed by atoms with van der Waals surface area (Å²) in [6.45, 7) is 14.1. The molecule has 2 fully saturated rings. The van der Waals surface area contributed by atoms with Gasteiger partial charge in [0.15, 0.2) is 5.96 Å². The zero-order valence-corrected chi connectivity index (χ0v) is 23.1. The highest BCUT2D eigenvalue weighted by molar-refractivity contribution is 14.0. The maximum Gasteiger partial charge on any atom is 0.191 e. The van der Waals surface area contributed by atoms with Crippen molar-refractivity contribution in [1.82, 2.24) is 20.4 Å². The van der Waals surface area contributed by atoms with E-state index in [2.05, 4.69) is 46.4 Å². The smallest absolute Gasteiger partial charge is 0.191 e. The number of aliphatic imine (C=N–C) groups is 1. The molecule has 1 atom stereocenters. The Bertz CT molecular complexity index is 674. The molecule has 2 aliphatic rings. The summed E-state index contributed by atoms with van der Waals surface area (Å²) in [7, 11) is 1.71. The molecule has 7 nitrogen and oxygen atoms in total. The Balaban J connectivity index is 0.00000385. The molecule has 1 unspecified atom stereocenters. The van der Waals surface area contributed by atoms with Crippen LogP contribution in [0.5, 0.6) is 5.75 Å². The number of methoxy groups -OCH3 is 1. The number of nitrogens with one attached hydrogen (secondary N) is 2. The van der Waals surface area contributed by atoms with Crippen molar-refractivity contribution in [1.29, 1.82) is 0 Å². The van der Waals surface area contributed by atoms with Gasteiger partial charge in [-0.15, -0.1) is 24.0 Å². The minimum absolute atomic E-state index is 0. The van der Waals surface area contributed by atoms with Gasteiger partial charge in [0.25, 0.3) is 0 Å². The van der Waals surface area contributed by atoms with Gasteiger partial charge < -0.3 is 25.0 Å². The SMILES string of the molecule is CCCN1CCC(CNC(=NCC(c2ccc(OC)cc2)N2CCOCC2)NCC)CC1.I. The van der Waals surface area contributed by atoms with Gasteiger partial charge in [-0.25, -0.2) is 0 Å². The highest BCUT2D eigenvalue weighted by Gasteiger charge is 2.23. The van der Waals surface area contributed by atoms with Crippen molar-refractivity contribution in [3.05, 3.63) is 29.8 Å². The summed E-state index contributed by atoms with van der Waals surface area (Å²) in [4.78, 5) is 10.1. The van der Waals surface area contributed by atoms with E-state index in [-0.39, 0.29) is 30.0 Å².